The van der Waals surface area contributed by atoms with Gasteiger partial charge in [0.2, 0.25) is 0 Å². The van der Waals surface area contributed by atoms with E-state index in [-0.39, 0.29) is 0 Å². The summed E-state index contributed by atoms with van der Waals surface area (Å²) < 4.78 is 0. The minimum absolute atomic E-state index is 1.09. The molecule has 0 radical (unpaired) electrons. The number of pyridine rings is 1. The predicted octanol–water partition coefficient (Wildman–Crippen LogP) is 2.20. The fourth-order valence-corrected chi connectivity index (χ4v) is 1.67. The zero-order chi connectivity index (χ0) is 8.39. The first-order valence-electron chi connectivity index (χ1n) is 3.61. The fraction of sp³-hybridized carbons (Fsp3) is 0. The maximum Gasteiger partial charge on any atom is 0.0346 e. The number of hydrogen-bond acceptors (Lipinski definition) is 3. The number of fused-ring (bicyclic) bond motifs is 1. The minimum Gasteiger partial charge on any atom is -0.274 e. The van der Waals surface area contributed by atoms with E-state index in [1.54, 1.807) is 6.20 Å². The summed E-state index contributed by atoms with van der Waals surface area (Å²) in [4.78, 5) is 5.13. The lowest BCUT2D eigenvalue weighted by Crippen LogP contribution is -1.82. The molecule has 60 valence electrons. The van der Waals surface area contributed by atoms with Gasteiger partial charge in [-0.05, 0) is 29.5 Å². The van der Waals surface area contributed by atoms with Crippen LogP contribution in [0.5, 0.6) is 0 Å². The molecular formula is C9H8N2S. The molecule has 0 aliphatic rings. The Balaban J connectivity index is 2.79. The van der Waals surface area contributed by atoms with Gasteiger partial charge in [0.1, 0.15) is 0 Å². The number of benzene rings is 1. The SMILES string of the molecule is NSc1cccc2cnccc12. The molecule has 0 amide bonds. The first-order chi connectivity index (χ1) is 5.92. The molecule has 2 N–H and O–H groups in total. The summed E-state index contributed by atoms with van der Waals surface area (Å²) in [5.41, 5.74) is 0. The van der Waals surface area contributed by atoms with E-state index in [9.17, 15) is 0 Å². The molecule has 0 atom stereocenters. The lowest BCUT2D eigenvalue weighted by Gasteiger charge is -2.00. The van der Waals surface area contributed by atoms with Gasteiger partial charge in [-0.3, -0.25) is 10.1 Å². The Morgan fingerprint density at radius 1 is 1.25 bits per heavy atom. The third-order valence-corrected chi connectivity index (χ3v) is 2.38. The highest BCUT2D eigenvalue weighted by atomic mass is 32.2. The van der Waals surface area contributed by atoms with Crippen LogP contribution >= 0.6 is 11.9 Å². The molecule has 1 aromatic carbocycles. The third kappa shape index (κ3) is 1.17. The van der Waals surface area contributed by atoms with Crippen molar-refractivity contribution in [2.45, 2.75) is 4.90 Å². The van der Waals surface area contributed by atoms with E-state index in [0.29, 0.717) is 0 Å². The highest BCUT2D eigenvalue weighted by molar-refractivity contribution is 7.97. The Morgan fingerprint density at radius 2 is 2.17 bits per heavy atom. The second-order valence-corrected chi connectivity index (χ2v) is 3.15. The average molecular weight is 176 g/mol. The summed E-state index contributed by atoms with van der Waals surface area (Å²) in [5.74, 6) is 0. The van der Waals surface area contributed by atoms with E-state index < -0.39 is 0 Å². The van der Waals surface area contributed by atoms with Gasteiger partial charge in [0.25, 0.3) is 0 Å². The molecule has 0 saturated carbocycles. The van der Waals surface area contributed by atoms with E-state index in [4.69, 9.17) is 5.14 Å². The van der Waals surface area contributed by atoms with Crippen molar-refractivity contribution in [1.82, 2.24) is 4.98 Å². The summed E-state index contributed by atoms with van der Waals surface area (Å²) in [6.45, 7) is 0. The van der Waals surface area contributed by atoms with Crippen LogP contribution in [0.2, 0.25) is 0 Å². The molecule has 12 heavy (non-hydrogen) atoms. The van der Waals surface area contributed by atoms with Crippen LogP contribution in [-0.2, 0) is 0 Å². The lowest BCUT2D eigenvalue weighted by atomic mass is 10.2. The first-order valence-corrected chi connectivity index (χ1v) is 4.49. The van der Waals surface area contributed by atoms with E-state index in [1.807, 2.05) is 30.5 Å². The zero-order valence-corrected chi connectivity index (χ0v) is 7.21. The molecule has 0 aliphatic heterocycles. The lowest BCUT2D eigenvalue weighted by molar-refractivity contribution is 1.35. The number of hydrogen-bond donors (Lipinski definition) is 1. The first kappa shape index (κ1) is 7.58. The molecule has 1 heterocycles. The average Bonchev–Trinajstić information content (AvgIpc) is 2.17. The Bertz CT molecular complexity index is 395. The van der Waals surface area contributed by atoms with Crippen molar-refractivity contribution < 1.29 is 0 Å². The Kier molecular flexibility index (Phi) is 1.98. The minimum atomic E-state index is 1.09. The van der Waals surface area contributed by atoms with Crippen LogP contribution in [0.15, 0.2) is 41.6 Å². The molecule has 0 unspecified atom stereocenters. The van der Waals surface area contributed by atoms with Crippen LogP contribution in [0.4, 0.5) is 0 Å². The van der Waals surface area contributed by atoms with Crippen molar-refractivity contribution in [2.24, 2.45) is 5.14 Å². The summed E-state index contributed by atoms with van der Waals surface area (Å²) in [7, 11) is 0. The van der Waals surface area contributed by atoms with Crippen molar-refractivity contribution in [1.29, 1.82) is 0 Å². The highest BCUT2D eigenvalue weighted by Crippen LogP contribution is 2.23. The van der Waals surface area contributed by atoms with Crippen LogP contribution in [0.1, 0.15) is 0 Å². The van der Waals surface area contributed by atoms with Crippen molar-refractivity contribution in [3.63, 3.8) is 0 Å². The fourth-order valence-electron chi connectivity index (χ4n) is 1.20. The maximum atomic E-state index is 5.51. The number of aromatic nitrogens is 1. The molecule has 3 heteroatoms. The molecule has 0 aliphatic carbocycles. The number of rotatable bonds is 1. The van der Waals surface area contributed by atoms with E-state index in [1.165, 1.54) is 17.3 Å². The van der Waals surface area contributed by atoms with Crippen LogP contribution < -0.4 is 5.14 Å². The monoisotopic (exact) mass is 176 g/mol. The maximum absolute atomic E-state index is 5.51. The van der Waals surface area contributed by atoms with Crippen molar-refractivity contribution in [3.8, 4) is 0 Å². The zero-order valence-electron chi connectivity index (χ0n) is 6.40. The normalized spacial score (nSPS) is 10.4. The Labute approximate surface area is 74.9 Å². The molecule has 2 aromatic rings. The van der Waals surface area contributed by atoms with Crippen molar-refractivity contribution in [3.05, 3.63) is 36.7 Å². The topological polar surface area (TPSA) is 38.9 Å². The Morgan fingerprint density at radius 3 is 3.00 bits per heavy atom. The van der Waals surface area contributed by atoms with Gasteiger partial charge in [0.05, 0.1) is 0 Å². The molecule has 0 fully saturated rings. The predicted molar refractivity (Wildman–Crippen MR) is 51.8 cm³/mol. The van der Waals surface area contributed by atoms with Gasteiger partial charge >= 0.3 is 0 Å². The molecular weight excluding hydrogens is 168 g/mol. The smallest absolute Gasteiger partial charge is 0.0346 e. The molecule has 1 aromatic heterocycles. The Hall–Kier alpha value is -1.06. The summed E-state index contributed by atoms with van der Waals surface area (Å²) in [6.07, 6.45) is 3.62. The van der Waals surface area contributed by atoms with Gasteiger partial charge < -0.3 is 0 Å². The second-order valence-electron chi connectivity index (χ2n) is 2.47. The van der Waals surface area contributed by atoms with Crippen LogP contribution in [0.25, 0.3) is 10.8 Å². The third-order valence-electron chi connectivity index (χ3n) is 1.77. The van der Waals surface area contributed by atoms with Crippen LogP contribution in [0, 0.1) is 0 Å². The van der Waals surface area contributed by atoms with Gasteiger partial charge in [-0.2, -0.15) is 0 Å². The van der Waals surface area contributed by atoms with E-state index >= 15 is 0 Å². The van der Waals surface area contributed by atoms with Crippen molar-refractivity contribution >= 4 is 22.7 Å². The van der Waals surface area contributed by atoms with Gasteiger partial charge in [-0.25, -0.2) is 0 Å². The number of nitrogens with zero attached hydrogens (tertiary/aromatic N) is 1. The molecule has 0 saturated heterocycles. The summed E-state index contributed by atoms with van der Waals surface area (Å²) in [5, 5.41) is 7.81. The number of nitrogens with two attached hydrogens (primary N) is 1. The summed E-state index contributed by atoms with van der Waals surface area (Å²) >= 11 is 1.27. The molecule has 0 bridgehead atoms. The second kappa shape index (κ2) is 3.13. The van der Waals surface area contributed by atoms with Crippen molar-refractivity contribution in [2.75, 3.05) is 0 Å². The quantitative estimate of drug-likeness (QED) is 0.677. The molecule has 0 spiro atoms. The van der Waals surface area contributed by atoms with Gasteiger partial charge in [-0.15, -0.1) is 0 Å². The van der Waals surface area contributed by atoms with E-state index in [0.717, 1.165) is 10.3 Å². The van der Waals surface area contributed by atoms with Gasteiger partial charge in [0.15, 0.2) is 0 Å². The van der Waals surface area contributed by atoms with E-state index in [2.05, 4.69) is 4.98 Å². The van der Waals surface area contributed by atoms with Crippen LogP contribution in [0.3, 0.4) is 0 Å². The molecule has 2 rings (SSSR count). The van der Waals surface area contributed by atoms with Crippen LogP contribution in [-0.4, -0.2) is 4.98 Å². The molecule has 2 nitrogen and oxygen atoms in total. The standard InChI is InChI=1S/C9H8N2S/c10-12-9-3-1-2-7-6-11-5-4-8(7)9/h1-6H,10H2. The van der Waals surface area contributed by atoms with Gasteiger partial charge in [0, 0.05) is 22.7 Å². The van der Waals surface area contributed by atoms with Gasteiger partial charge in [-0.1, -0.05) is 12.1 Å². The summed E-state index contributed by atoms with van der Waals surface area (Å²) in [6, 6.07) is 8.00. The highest BCUT2D eigenvalue weighted by Gasteiger charge is 1.97. The largest absolute Gasteiger partial charge is 0.274 e.